The number of rotatable bonds is 2. The van der Waals surface area contributed by atoms with E-state index in [2.05, 4.69) is 176 Å². The lowest BCUT2D eigenvalue weighted by Gasteiger charge is -2.06. The van der Waals surface area contributed by atoms with Crippen molar-refractivity contribution in [1.29, 1.82) is 0 Å². The van der Waals surface area contributed by atoms with Gasteiger partial charge in [-0.05, 0) is 120 Å². The molecule has 2 heterocycles. The van der Waals surface area contributed by atoms with Gasteiger partial charge in [0.25, 0.3) is 0 Å². The predicted molar refractivity (Wildman–Crippen MR) is 276 cm³/mol. The summed E-state index contributed by atoms with van der Waals surface area (Å²) in [5.41, 5.74) is 6.15. The van der Waals surface area contributed by atoms with Gasteiger partial charge in [0.05, 0.1) is 0 Å². The number of hydrogen-bond acceptors (Lipinski definition) is 4. The van der Waals surface area contributed by atoms with E-state index < -0.39 is 7.12 Å². The Morgan fingerprint density at radius 3 is 1.31 bits per heavy atom. The van der Waals surface area contributed by atoms with E-state index in [1.807, 2.05) is 48.5 Å². The smallest absolute Gasteiger partial charge is 0.455 e. The molecule has 2 aromatic heterocycles. The molecule has 0 aliphatic heterocycles. The van der Waals surface area contributed by atoms with Gasteiger partial charge in [-0.3, -0.25) is 0 Å². The molecule has 12 aromatic rings. The molecule has 0 unspecified atom stereocenters. The highest BCUT2D eigenvalue weighted by molar-refractivity contribution is 14.1. The zero-order valence-corrected chi connectivity index (χ0v) is 37.1. The van der Waals surface area contributed by atoms with Gasteiger partial charge in [0, 0.05) is 46.3 Å². The summed E-state index contributed by atoms with van der Waals surface area (Å²) in [6, 6.07) is 62.0. The van der Waals surface area contributed by atoms with Crippen LogP contribution >= 0.6 is 54.5 Å². The van der Waals surface area contributed by atoms with Crippen LogP contribution in [0.3, 0.4) is 0 Å². The molecule has 0 saturated carbocycles. The van der Waals surface area contributed by atoms with Crippen LogP contribution in [0.2, 0.25) is 0 Å². The van der Waals surface area contributed by atoms with Crippen LogP contribution < -0.4 is 5.46 Å². The number of fused-ring (bicyclic) bond motifs is 16. The normalized spacial score (nSPS) is 11.2. The SMILES string of the molecule is Brc1cccc(-c2ccc3c(c2)oc2c4ccccc4c4ccccc4c32)c1.Brc1cccc(I)c1.C.OB(O)c1ccc2c(c1)oc1c3ccccc3c3ccccc3c21.[3HH]. The van der Waals surface area contributed by atoms with Gasteiger partial charge in [0.1, 0.15) is 22.3 Å². The Hall–Kier alpha value is -5.49. The second-order valence-corrected chi connectivity index (χ2v) is 17.7. The van der Waals surface area contributed by atoms with Crippen molar-refractivity contribution in [3.8, 4) is 11.1 Å². The molecule has 12 rings (SSSR count). The fourth-order valence-corrected chi connectivity index (χ4v) is 10.1. The first-order chi connectivity index (χ1) is 29.3. The van der Waals surface area contributed by atoms with E-state index in [1.54, 1.807) is 12.1 Å². The molecule has 0 atom stereocenters. The second kappa shape index (κ2) is 17.1. The Labute approximate surface area is 384 Å². The Morgan fingerprint density at radius 2 is 0.836 bits per heavy atom. The molecule has 0 spiro atoms. The van der Waals surface area contributed by atoms with Gasteiger partial charge in [0.15, 0.2) is 0 Å². The van der Waals surface area contributed by atoms with Crippen molar-refractivity contribution in [3.63, 3.8) is 0 Å². The third-order valence-corrected chi connectivity index (χ3v) is 12.6. The van der Waals surface area contributed by atoms with Crippen molar-refractivity contribution < 1.29 is 20.3 Å². The molecule has 61 heavy (non-hydrogen) atoms. The van der Waals surface area contributed by atoms with E-state index in [-0.39, 0.29) is 8.85 Å². The molecule has 0 amide bonds. The van der Waals surface area contributed by atoms with Crippen molar-refractivity contribution in [2.24, 2.45) is 0 Å². The maximum absolute atomic E-state index is 9.42. The monoisotopic (exact) mass is 1040 g/mol. The molecular formula is C53H38BBr2IO4. The molecule has 0 radical (unpaired) electrons. The molecule has 0 bridgehead atoms. The van der Waals surface area contributed by atoms with Crippen molar-refractivity contribution in [2.75, 3.05) is 0 Å². The van der Waals surface area contributed by atoms with Crippen LogP contribution in [-0.4, -0.2) is 17.2 Å². The van der Waals surface area contributed by atoms with Gasteiger partial charge in [-0.25, -0.2) is 0 Å². The Kier molecular flexibility index (Phi) is 11.5. The predicted octanol–water partition coefficient (Wildman–Crippen LogP) is 15.8. The standard InChI is InChI=1S/C26H15BrO.C20H13BO3.C6H4BrI.CH4.H2/c27-18-7-5-6-16(14-18)17-12-13-23-24(15-17)28-26-22-11-4-2-9-20(22)19-8-1-3-10-21(19)25(23)26;22-21(23)12-9-10-17-18(11-12)24-20-16-8-4-2-6-14(16)13-5-1-3-7-15(13)19(17)20;7-5-2-1-3-6(8)4-5;;/h1-15H;1-11,22-23H;1-4H;1H4;1H/i;;;;1+2. The lowest BCUT2D eigenvalue weighted by molar-refractivity contribution is 0.425. The molecule has 4 nitrogen and oxygen atoms in total. The highest BCUT2D eigenvalue weighted by atomic mass is 127. The minimum atomic E-state index is -1.50. The number of benzene rings is 10. The first-order valence-electron chi connectivity index (χ1n) is 19.4. The van der Waals surface area contributed by atoms with Crippen molar-refractivity contribution >= 4 is 154 Å². The quantitative estimate of drug-likeness (QED) is 0.103. The molecule has 0 aliphatic rings. The van der Waals surface area contributed by atoms with Crippen molar-refractivity contribution in [3.05, 3.63) is 195 Å². The summed E-state index contributed by atoms with van der Waals surface area (Å²) in [7, 11) is -1.50. The summed E-state index contributed by atoms with van der Waals surface area (Å²) >= 11 is 9.20. The summed E-state index contributed by atoms with van der Waals surface area (Å²) in [6.07, 6.45) is 0. The first-order valence-corrected chi connectivity index (χ1v) is 22.0. The van der Waals surface area contributed by atoms with E-state index in [1.165, 1.54) is 36.1 Å². The molecule has 0 aliphatic carbocycles. The largest absolute Gasteiger partial charge is 0.488 e. The molecule has 298 valence electrons. The third kappa shape index (κ3) is 7.61. The van der Waals surface area contributed by atoms with Gasteiger partial charge < -0.3 is 18.9 Å². The molecule has 0 saturated heterocycles. The second-order valence-electron chi connectivity index (χ2n) is 14.6. The summed E-state index contributed by atoms with van der Waals surface area (Å²) in [5, 5.41) is 32.7. The van der Waals surface area contributed by atoms with E-state index in [9.17, 15) is 10.0 Å². The Morgan fingerprint density at radius 1 is 0.410 bits per heavy atom. The van der Waals surface area contributed by atoms with Gasteiger partial charge in [-0.15, -0.1) is 0 Å². The number of halogens is 3. The molecule has 8 heteroatoms. The van der Waals surface area contributed by atoms with Crippen molar-refractivity contribution in [2.45, 2.75) is 7.43 Å². The minimum absolute atomic E-state index is 0. The average molecular weight is 1040 g/mol. The maximum atomic E-state index is 9.42. The zero-order chi connectivity index (χ0) is 40.9. The van der Waals surface area contributed by atoms with Crippen LogP contribution in [-0.2, 0) is 0 Å². The fraction of sp³-hybridized carbons (Fsp3) is 0.0189. The Balaban J connectivity index is 0.000000142. The van der Waals surface area contributed by atoms with Gasteiger partial charge in [-0.2, -0.15) is 0 Å². The lowest BCUT2D eigenvalue weighted by atomic mass is 9.80. The van der Waals surface area contributed by atoms with Gasteiger partial charge in [-0.1, -0.05) is 173 Å². The minimum Gasteiger partial charge on any atom is -0.455 e. The summed E-state index contributed by atoms with van der Waals surface area (Å²) < 4.78 is 16.1. The van der Waals surface area contributed by atoms with E-state index in [0.717, 1.165) is 69.0 Å². The van der Waals surface area contributed by atoms with E-state index in [4.69, 9.17) is 8.83 Å². The van der Waals surface area contributed by atoms with E-state index in [0.29, 0.717) is 11.0 Å². The van der Waals surface area contributed by atoms with Crippen LogP contribution in [0.15, 0.2) is 200 Å². The third-order valence-electron chi connectivity index (χ3n) is 11.0. The summed E-state index contributed by atoms with van der Waals surface area (Å²) in [6.45, 7) is 0. The summed E-state index contributed by atoms with van der Waals surface area (Å²) in [5.74, 6) is 0. The number of hydrogen-bond donors (Lipinski definition) is 2. The maximum Gasteiger partial charge on any atom is 0.488 e. The first kappa shape index (κ1) is 40.9. The highest BCUT2D eigenvalue weighted by Crippen LogP contribution is 2.43. The van der Waals surface area contributed by atoms with Crippen LogP contribution in [0.4, 0.5) is 0 Å². The Bertz CT molecular complexity index is 3590. The average Bonchev–Trinajstić information content (AvgIpc) is 3.86. The van der Waals surface area contributed by atoms with Crippen LogP contribution in [0.5, 0.6) is 0 Å². The highest BCUT2D eigenvalue weighted by Gasteiger charge is 2.19. The van der Waals surface area contributed by atoms with Gasteiger partial charge >= 0.3 is 7.12 Å². The van der Waals surface area contributed by atoms with Crippen molar-refractivity contribution in [1.82, 2.24) is 0 Å². The zero-order valence-electron chi connectivity index (χ0n) is 31.7. The van der Waals surface area contributed by atoms with E-state index >= 15 is 0 Å². The van der Waals surface area contributed by atoms with Crippen LogP contribution in [0.25, 0.3) is 98.1 Å². The summed E-state index contributed by atoms with van der Waals surface area (Å²) in [4.78, 5) is 0. The molecule has 10 aromatic carbocycles. The van der Waals surface area contributed by atoms with Crippen LogP contribution in [0, 0.1) is 3.57 Å². The van der Waals surface area contributed by atoms with Gasteiger partial charge in [0.2, 0.25) is 0 Å². The fourth-order valence-electron chi connectivity index (χ4n) is 8.30. The molecular weight excluding hydrogens is 998 g/mol. The molecule has 0 fully saturated rings. The van der Waals surface area contributed by atoms with Crippen LogP contribution in [0.1, 0.15) is 8.85 Å². The lowest BCUT2D eigenvalue weighted by Crippen LogP contribution is -2.29. The topological polar surface area (TPSA) is 66.7 Å². The molecule has 2 N–H and O–H groups in total. The number of furan rings is 2.